The second-order valence-electron chi connectivity index (χ2n) is 7.86. The summed E-state index contributed by atoms with van der Waals surface area (Å²) in [7, 11) is 0. The Morgan fingerprint density at radius 3 is 1.23 bits per heavy atom. The molecule has 0 nitrogen and oxygen atoms in total. The van der Waals surface area contributed by atoms with Crippen LogP contribution in [-0.4, -0.2) is 0 Å². The van der Waals surface area contributed by atoms with Crippen LogP contribution in [0.3, 0.4) is 0 Å². The summed E-state index contributed by atoms with van der Waals surface area (Å²) in [4.78, 5) is 0. The average molecular weight is 453 g/mol. The van der Waals surface area contributed by atoms with Crippen molar-refractivity contribution in [1.29, 1.82) is 0 Å². The Balaban J connectivity index is 1.49. The van der Waals surface area contributed by atoms with Crippen molar-refractivity contribution in [3.63, 3.8) is 0 Å². The molecule has 0 amide bonds. The molecule has 0 aliphatic heterocycles. The molecule has 4 heteroatoms. The van der Waals surface area contributed by atoms with E-state index in [1.165, 1.54) is 71.3 Å². The van der Waals surface area contributed by atoms with E-state index in [2.05, 4.69) is 71.4 Å². The van der Waals surface area contributed by atoms with Crippen molar-refractivity contribution in [2.24, 2.45) is 0 Å². The highest BCUT2D eigenvalue weighted by molar-refractivity contribution is 7.27. The topological polar surface area (TPSA) is 0 Å². The summed E-state index contributed by atoms with van der Waals surface area (Å²) in [6.07, 6.45) is 0. The number of fused-ring (bicyclic) bond motifs is 9. The minimum atomic E-state index is 1.34. The normalized spacial score (nSPS) is 12.7. The van der Waals surface area contributed by atoms with E-state index >= 15 is 0 Å². The summed E-state index contributed by atoms with van der Waals surface area (Å²) in [6.45, 7) is 0. The number of benzene rings is 4. The molecule has 8 rings (SSSR count). The van der Waals surface area contributed by atoms with Crippen LogP contribution in [0.25, 0.3) is 71.3 Å². The first-order valence-electron chi connectivity index (χ1n) is 9.81. The van der Waals surface area contributed by atoms with E-state index in [0.717, 1.165) is 0 Å². The highest BCUT2D eigenvalue weighted by atomic mass is 32.1. The van der Waals surface area contributed by atoms with E-state index < -0.39 is 0 Å². The first-order chi connectivity index (χ1) is 14.8. The Morgan fingerprint density at radius 1 is 0.367 bits per heavy atom. The second kappa shape index (κ2) is 5.59. The van der Waals surface area contributed by atoms with Gasteiger partial charge in [0.2, 0.25) is 0 Å². The SMILES string of the molecule is c1cc2cc3c(cc2s1)sc1cc2cc4c(cc2cc13)sc1cc2sccc2cc14. The quantitative estimate of drug-likeness (QED) is 0.215. The molecule has 0 atom stereocenters. The fourth-order valence-corrected chi connectivity index (χ4v) is 8.79. The molecule has 0 aliphatic carbocycles. The number of thiophene rings is 4. The Kier molecular flexibility index (Phi) is 3.03. The van der Waals surface area contributed by atoms with Crippen LogP contribution in [0.2, 0.25) is 0 Å². The lowest BCUT2D eigenvalue weighted by Crippen LogP contribution is -1.74. The van der Waals surface area contributed by atoms with Crippen LogP contribution in [0.15, 0.2) is 71.4 Å². The van der Waals surface area contributed by atoms with Crippen molar-refractivity contribution in [3.05, 3.63) is 71.4 Å². The van der Waals surface area contributed by atoms with Crippen LogP contribution < -0.4 is 0 Å². The molecule has 4 aromatic carbocycles. The van der Waals surface area contributed by atoms with Crippen LogP contribution in [0, 0.1) is 0 Å². The van der Waals surface area contributed by atoms with Gasteiger partial charge in [0.15, 0.2) is 0 Å². The third kappa shape index (κ3) is 2.09. The monoisotopic (exact) mass is 452 g/mol. The molecule has 0 aliphatic rings. The van der Waals surface area contributed by atoms with Gasteiger partial charge in [0.05, 0.1) is 0 Å². The molecule has 0 bridgehead atoms. The molecule has 4 heterocycles. The third-order valence-corrected chi connectivity index (χ3v) is 10.2. The second-order valence-corrected chi connectivity index (χ2v) is 11.9. The zero-order valence-corrected chi connectivity index (χ0v) is 18.8. The van der Waals surface area contributed by atoms with Crippen molar-refractivity contribution >= 4 is 117 Å². The van der Waals surface area contributed by atoms with Gasteiger partial charge in [-0.1, -0.05) is 0 Å². The first kappa shape index (κ1) is 16.2. The lowest BCUT2D eigenvalue weighted by atomic mass is 10.0. The summed E-state index contributed by atoms with van der Waals surface area (Å²) >= 11 is 7.50. The van der Waals surface area contributed by atoms with E-state index in [4.69, 9.17) is 0 Å². The van der Waals surface area contributed by atoms with E-state index in [1.54, 1.807) is 0 Å². The largest absolute Gasteiger partial charge is 0.144 e. The number of rotatable bonds is 0. The van der Waals surface area contributed by atoms with Crippen molar-refractivity contribution in [1.82, 2.24) is 0 Å². The molecule has 0 spiro atoms. The van der Waals surface area contributed by atoms with E-state index in [1.807, 2.05) is 45.3 Å². The van der Waals surface area contributed by atoms with Gasteiger partial charge in [-0.05, 0) is 93.0 Å². The highest BCUT2D eigenvalue weighted by Gasteiger charge is 2.12. The van der Waals surface area contributed by atoms with E-state index in [-0.39, 0.29) is 0 Å². The third-order valence-electron chi connectivity index (χ3n) is 6.17. The van der Waals surface area contributed by atoms with Crippen LogP contribution in [0.5, 0.6) is 0 Å². The van der Waals surface area contributed by atoms with Gasteiger partial charge >= 0.3 is 0 Å². The Bertz CT molecular complexity index is 1810. The standard InChI is InChI=1S/C26H12S4/c1-3-27-21-11-25-17(5-13(1)21)19-7-15-10-24-20(8-16(15)9-23(19)29-25)18-6-14-2-4-28-22(14)12-26(18)30-24/h1-12H. The molecule has 0 radical (unpaired) electrons. The van der Waals surface area contributed by atoms with Crippen molar-refractivity contribution in [3.8, 4) is 0 Å². The van der Waals surface area contributed by atoms with Gasteiger partial charge in [-0.3, -0.25) is 0 Å². The molecule has 30 heavy (non-hydrogen) atoms. The molecular weight excluding hydrogens is 441 g/mol. The van der Waals surface area contributed by atoms with Crippen LogP contribution in [0.4, 0.5) is 0 Å². The molecule has 0 saturated carbocycles. The smallest absolute Gasteiger partial charge is 0.0369 e. The van der Waals surface area contributed by atoms with Gasteiger partial charge in [-0.25, -0.2) is 0 Å². The summed E-state index contributed by atoms with van der Waals surface area (Å²) < 4.78 is 8.31. The van der Waals surface area contributed by atoms with Gasteiger partial charge in [-0.2, -0.15) is 0 Å². The summed E-state index contributed by atoms with van der Waals surface area (Å²) in [5.41, 5.74) is 0. The Labute approximate surface area is 187 Å². The van der Waals surface area contributed by atoms with Crippen molar-refractivity contribution < 1.29 is 0 Å². The molecule has 140 valence electrons. The van der Waals surface area contributed by atoms with Gasteiger partial charge in [0.25, 0.3) is 0 Å². The lowest BCUT2D eigenvalue weighted by Gasteiger charge is -2.01. The molecular formula is C26H12S4. The Morgan fingerprint density at radius 2 is 0.767 bits per heavy atom. The maximum atomic E-state index is 2.41. The summed E-state index contributed by atoms with van der Waals surface area (Å²) in [5, 5.41) is 15.3. The number of hydrogen-bond acceptors (Lipinski definition) is 4. The van der Waals surface area contributed by atoms with Crippen LogP contribution in [-0.2, 0) is 0 Å². The predicted molar refractivity (Wildman–Crippen MR) is 140 cm³/mol. The molecule has 4 aromatic heterocycles. The maximum Gasteiger partial charge on any atom is 0.0369 e. The summed E-state index contributed by atoms with van der Waals surface area (Å²) in [5.74, 6) is 0. The van der Waals surface area contributed by atoms with Crippen LogP contribution in [0.1, 0.15) is 0 Å². The van der Waals surface area contributed by atoms with Crippen molar-refractivity contribution in [2.75, 3.05) is 0 Å². The maximum absolute atomic E-state index is 2.41. The lowest BCUT2D eigenvalue weighted by molar-refractivity contribution is 1.96. The molecule has 0 unspecified atom stereocenters. The summed E-state index contributed by atoms with van der Waals surface area (Å²) in [6, 6.07) is 23.5. The fraction of sp³-hybridized carbons (Fsp3) is 0. The first-order valence-corrected chi connectivity index (χ1v) is 13.2. The average Bonchev–Trinajstić information content (AvgIpc) is 3.51. The minimum absolute atomic E-state index is 1.34. The molecule has 8 aromatic rings. The van der Waals surface area contributed by atoms with Gasteiger partial charge in [0.1, 0.15) is 0 Å². The van der Waals surface area contributed by atoms with Gasteiger partial charge in [-0.15, -0.1) is 45.3 Å². The molecule has 0 N–H and O–H groups in total. The number of hydrogen-bond donors (Lipinski definition) is 0. The van der Waals surface area contributed by atoms with Crippen molar-refractivity contribution in [2.45, 2.75) is 0 Å². The minimum Gasteiger partial charge on any atom is -0.144 e. The van der Waals surface area contributed by atoms with Crippen LogP contribution >= 0.6 is 45.3 Å². The highest BCUT2D eigenvalue weighted by Crippen LogP contribution is 2.43. The zero-order chi connectivity index (χ0) is 19.4. The van der Waals surface area contributed by atoms with E-state index in [0.29, 0.717) is 0 Å². The molecule has 0 fully saturated rings. The van der Waals surface area contributed by atoms with Gasteiger partial charge in [0, 0.05) is 49.7 Å². The fourth-order valence-electron chi connectivity index (χ4n) is 4.71. The zero-order valence-electron chi connectivity index (χ0n) is 15.6. The Hall–Kier alpha value is -2.50. The molecule has 0 saturated heterocycles. The van der Waals surface area contributed by atoms with E-state index in [9.17, 15) is 0 Å². The predicted octanol–water partition coefficient (Wildman–Crippen LogP) is 10.0. The van der Waals surface area contributed by atoms with Gasteiger partial charge < -0.3 is 0 Å².